The lowest BCUT2D eigenvalue weighted by atomic mass is 10.1. The van der Waals surface area contributed by atoms with Gasteiger partial charge in [0.2, 0.25) is 0 Å². The van der Waals surface area contributed by atoms with Crippen LogP contribution in [0.5, 0.6) is 0 Å². The van der Waals surface area contributed by atoms with E-state index in [1.54, 1.807) is 0 Å². The Morgan fingerprint density at radius 1 is 1.32 bits per heavy atom. The van der Waals surface area contributed by atoms with Crippen molar-refractivity contribution >= 4 is 17.0 Å². The van der Waals surface area contributed by atoms with E-state index >= 15 is 0 Å². The summed E-state index contributed by atoms with van der Waals surface area (Å²) in [5.74, 6) is 0. The first-order valence-corrected chi connectivity index (χ1v) is 7.45. The van der Waals surface area contributed by atoms with Crippen LogP contribution < -0.4 is 4.90 Å². The SMILES string of the molecule is Cc1cc(N(C)C(C)Cc2cccs2)ccc1CO. The van der Waals surface area contributed by atoms with Crippen molar-refractivity contribution in [1.82, 2.24) is 0 Å². The van der Waals surface area contributed by atoms with E-state index in [0.717, 1.165) is 17.5 Å². The molecule has 1 heterocycles. The smallest absolute Gasteiger partial charge is 0.0684 e. The average Bonchev–Trinajstić information content (AvgIpc) is 2.90. The Labute approximate surface area is 119 Å². The van der Waals surface area contributed by atoms with E-state index < -0.39 is 0 Å². The number of thiophene rings is 1. The number of aryl methyl sites for hydroxylation is 1. The van der Waals surface area contributed by atoms with Crippen molar-refractivity contribution in [2.24, 2.45) is 0 Å². The first-order chi connectivity index (χ1) is 9.11. The van der Waals surface area contributed by atoms with Crippen LogP contribution in [0.25, 0.3) is 0 Å². The van der Waals surface area contributed by atoms with Crippen LogP contribution in [0.2, 0.25) is 0 Å². The molecule has 1 aromatic carbocycles. The molecule has 1 atom stereocenters. The third-order valence-corrected chi connectivity index (χ3v) is 4.54. The fourth-order valence-corrected chi connectivity index (χ4v) is 3.01. The maximum atomic E-state index is 9.22. The van der Waals surface area contributed by atoms with Gasteiger partial charge in [-0.2, -0.15) is 0 Å². The van der Waals surface area contributed by atoms with Crippen molar-refractivity contribution in [3.8, 4) is 0 Å². The van der Waals surface area contributed by atoms with Gasteiger partial charge in [-0.05, 0) is 48.6 Å². The van der Waals surface area contributed by atoms with Gasteiger partial charge in [-0.15, -0.1) is 11.3 Å². The number of anilines is 1. The van der Waals surface area contributed by atoms with E-state index in [0.29, 0.717) is 6.04 Å². The third kappa shape index (κ3) is 3.37. The maximum absolute atomic E-state index is 9.22. The molecular weight excluding hydrogens is 254 g/mol. The molecular formula is C16H21NOS. The highest BCUT2D eigenvalue weighted by Gasteiger charge is 2.12. The molecule has 1 aromatic heterocycles. The molecule has 2 nitrogen and oxygen atoms in total. The van der Waals surface area contributed by atoms with Crippen molar-refractivity contribution in [3.63, 3.8) is 0 Å². The van der Waals surface area contributed by atoms with E-state index in [1.807, 2.05) is 24.3 Å². The molecule has 0 radical (unpaired) electrons. The second kappa shape index (κ2) is 6.22. The molecule has 0 saturated heterocycles. The molecule has 19 heavy (non-hydrogen) atoms. The molecule has 1 N–H and O–H groups in total. The number of hydrogen-bond acceptors (Lipinski definition) is 3. The van der Waals surface area contributed by atoms with Crippen LogP contribution >= 0.6 is 11.3 Å². The molecule has 102 valence electrons. The van der Waals surface area contributed by atoms with Crippen molar-refractivity contribution in [1.29, 1.82) is 0 Å². The topological polar surface area (TPSA) is 23.5 Å². The van der Waals surface area contributed by atoms with Gasteiger partial charge in [-0.25, -0.2) is 0 Å². The average molecular weight is 275 g/mol. The molecule has 0 aliphatic heterocycles. The lowest BCUT2D eigenvalue weighted by molar-refractivity contribution is 0.281. The number of benzene rings is 1. The van der Waals surface area contributed by atoms with Gasteiger partial charge in [-0.1, -0.05) is 12.1 Å². The van der Waals surface area contributed by atoms with Gasteiger partial charge in [0.25, 0.3) is 0 Å². The zero-order valence-corrected chi connectivity index (χ0v) is 12.6. The van der Waals surface area contributed by atoms with Crippen molar-refractivity contribution in [2.45, 2.75) is 32.9 Å². The Kier molecular flexibility index (Phi) is 4.61. The van der Waals surface area contributed by atoms with Crippen LogP contribution in [0, 0.1) is 6.92 Å². The molecule has 1 unspecified atom stereocenters. The van der Waals surface area contributed by atoms with Crippen LogP contribution in [0.4, 0.5) is 5.69 Å². The van der Waals surface area contributed by atoms with E-state index in [1.165, 1.54) is 10.6 Å². The van der Waals surface area contributed by atoms with E-state index in [2.05, 4.69) is 48.5 Å². The van der Waals surface area contributed by atoms with Gasteiger partial charge >= 0.3 is 0 Å². The molecule has 2 aromatic rings. The minimum absolute atomic E-state index is 0.112. The molecule has 2 rings (SSSR count). The minimum atomic E-state index is 0.112. The zero-order chi connectivity index (χ0) is 13.8. The van der Waals surface area contributed by atoms with Crippen molar-refractivity contribution in [3.05, 3.63) is 51.7 Å². The summed E-state index contributed by atoms with van der Waals surface area (Å²) in [6.45, 7) is 4.41. The Balaban J connectivity index is 2.10. The quantitative estimate of drug-likeness (QED) is 0.901. The number of hydrogen-bond donors (Lipinski definition) is 1. The highest BCUT2D eigenvalue weighted by molar-refractivity contribution is 7.09. The molecule has 0 aliphatic rings. The normalized spacial score (nSPS) is 12.4. The summed E-state index contributed by atoms with van der Waals surface area (Å²) in [6.07, 6.45) is 1.06. The maximum Gasteiger partial charge on any atom is 0.0684 e. The lowest BCUT2D eigenvalue weighted by Crippen LogP contribution is -2.30. The van der Waals surface area contributed by atoms with E-state index in [9.17, 15) is 5.11 Å². The van der Waals surface area contributed by atoms with Gasteiger partial charge in [0.15, 0.2) is 0 Å². The number of likely N-dealkylation sites (N-methyl/N-ethyl adjacent to an activating group) is 1. The first-order valence-electron chi connectivity index (χ1n) is 6.57. The summed E-state index contributed by atoms with van der Waals surface area (Å²) in [5, 5.41) is 11.3. The summed E-state index contributed by atoms with van der Waals surface area (Å²) < 4.78 is 0. The zero-order valence-electron chi connectivity index (χ0n) is 11.8. The van der Waals surface area contributed by atoms with Crippen LogP contribution in [-0.4, -0.2) is 18.2 Å². The van der Waals surface area contributed by atoms with Gasteiger partial charge in [0, 0.05) is 30.1 Å². The van der Waals surface area contributed by atoms with Gasteiger partial charge in [0.05, 0.1) is 6.61 Å². The number of rotatable bonds is 5. The second-order valence-corrected chi connectivity index (χ2v) is 6.04. The number of aliphatic hydroxyl groups is 1. The fourth-order valence-electron chi connectivity index (χ4n) is 2.19. The van der Waals surface area contributed by atoms with Gasteiger partial charge < -0.3 is 10.0 Å². The van der Waals surface area contributed by atoms with Crippen molar-refractivity contribution in [2.75, 3.05) is 11.9 Å². The van der Waals surface area contributed by atoms with Crippen LogP contribution in [0.3, 0.4) is 0 Å². The third-order valence-electron chi connectivity index (χ3n) is 3.64. The van der Waals surface area contributed by atoms with E-state index in [4.69, 9.17) is 0 Å². The summed E-state index contributed by atoms with van der Waals surface area (Å²) >= 11 is 1.81. The number of nitrogens with zero attached hydrogens (tertiary/aromatic N) is 1. The predicted molar refractivity (Wildman–Crippen MR) is 83.0 cm³/mol. The molecule has 0 aliphatic carbocycles. The Hall–Kier alpha value is -1.32. The monoisotopic (exact) mass is 275 g/mol. The molecule has 0 spiro atoms. The summed E-state index contributed by atoms with van der Waals surface area (Å²) in [4.78, 5) is 3.72. The fraction of sp³-hybridized carbons (Fsp3) is 0.375. The number of aliphatic hydroxyl groups excluding tert-OH is 1. The Morgan fingerprint density at radius 2 is 2.11 bits per heavy atom. The van der Waals surface area contributed by atoms with Crippen LogP contribution in [-0.2, 0) is 13.0 Å². The molecule has 0 amide bonds. The highest BCUT2D eigenvalue weighted by atomic mass is 32.1. The molecule has 0 bridgehead atoms. The van der Waals surface area contributed by atoms with Gasteiger partial charge in [-0.3, -0.25) is 0 Å². The second-order valence-electron chi connectivity index (χ2n) is 5.01. The summed E-state index contributed by atoms with van der Waals surface area (Å²) in [5.41, 5.74) is 3.36. The van der Waals surface area contributed by atoms with Crippen LogP contribution in [0.15, 0.2) is 35.7 Å². The largest absolute Gasteiger partial charge is 0.392 e. The Morgan fingerprint density at radius 3 is 2.68 bits per heavy atom. The Bertz CT molecular complexity index is 522. The molecule has 3 heteroatoms. The molecule has 0 saturated carbocycles. The summed E-state index contributed by atoms with van der Waals surface area (Å²) in [7, 11) is 2.13. The first kappa shape index (κ1) is 14.1. The van der Waals surface area contributed by atoms with Gasteiger partial charge in [0.1, 0.15) is 0 Å². The van der Waals surface area contributed by atoms with Crippen molar-refractivity contribution < 1.29 is 5.11 Å². The lowest BCUT2D eigenvalue weighted by Gasteiger charge is -2.27. The van der Waals surface area contributed by atoms with E-state index in [-0.39, 0.29) is 6.61 Å². The predicted octanol–water partition coefficient (Wildman–Crippen LogP) is 3.62. The highest BCUT2D eigenvalue weighted by Crippen LogP contribution is 2.22. The van der Waals surface area contributed by atoms with Crippen LogP contribution in [0.1, 0.15) is 22.9 Å². The molecule has 0 fully saturated rings. The standard InChI is InChI=1S/C16H21NOS/c1-12-9-15(7-6-14(12)11-18)17(3)13(2)10-16-5-4-8-19-16/h4-9,13,18H,10-11H2,1-3H3. The minimum Gasteiger partial charge on any atom is -0.392 e. The summed E-state index contributed by atoms with van der Waals surface area (Å²) in [6, 6.07) is 11.0.